The third-order valence-electron chi connectivity index (χ3n) is 4.38. The molecule has 0 saturated heterocycles. The number of aryl methyl sites for hydroxylation is 1. The molecule has 120 valence electrons. The van der Waals surface area contributed by atoms with E-state index in [9.17, 15) is 0 Å². The minimum absolute atomic E-state index is 0.808. The smallest absolute Gasteiger partial charge is 0.0481 e. The van der Waals surface area contributed by atoms with E-state index in [1.54, 1.807) is 0 Å². The maximum atomic E-state index is 6.39. The number of halogens is 1. The Morgan fingerprint density at radius 3 is 2.29 bits per heavy atom. The van der Waals surface area contributed by atoms with E-state index >= 15 is 0 Å². The van der Waals surface area contributed by atoms with Crippen molar-refractivity contribution in [1.29, 1.82) is 0 Å². The second-order valence-electron chi connectivity index (χ2n) is 5.93. The van der Waals surface area contributed by atoms with E-state index < -0.39 is 0 Å². The van der Waals surface area contributed by atoms with Gasteiger partial charge in [0.15, 0.2) is 0 Å². The highest BCUT2D eigenvalue weighted by molar-refractivity contribution is 6.32. The average molecular weight is 333 g/mol. The molecule has 3 aromatic carbocycles. The summed E-state index contributed by atoms with van der Waals surface area (Å²) in [5.41, 5.74) is 7.33. The summed E-state index contributed by atoms with van der Waals surface area (Å²) in [6.45, 7) is 4.31. The van der Waals surface area contributed by atoms with Gasteiger partial charge in [-0.05, 0) is 52.8 Å². The molecule has 24 heavy (non-hydrogen) atoms. The van der Waals surface area contributed by atoms with Gasteiger partial charge < -0.3 is 0 Å². The zero-order valence-corrected chi connectivity index (χ0v) is 14.8. The molecule has 0 amide bonds. The van der Waals surface area contributed by atoms with Crippen molar-refractivity contribution in [2.45, 2.75) is 20.3 Å². The summed E-state index contributed by atoms with van der Waals surface area (Å²) in [7, 11) is 0. The number of benzene rings is 3. The summed E-state index contributed by atoms with van der Waals surface area (Å²) < 4.78 is 0. The van der Waals surface area contributed by atoms with Crippen LogP contribution in [0.25, 0.3) is 23.3 Å². The number of hydrogen-bond acceptors (Lipinski definition) is 0. The molecule has 0 unspecified atom stereocenters. The zero-order chi connectivity index (χ0) is 16.9. The first kappa shape index (κ1) is 16.5. The molecule has 0 bridgehead atoms. The maximum Gasteiger partial charge on any atom is 0.0481 e. The van der Waals surface area contributed by atoms with Gasteiger partial charge >= 0.3 is 0 Å². The van der Waals surface area contributed by atoms with E-state index in [-0.39, 0.29) is 0 Å². The van der Waals surface area contributed by atoms with Gasteiger partial charge in [-0.1, -0.05) is 91.3 Å². The number of rotatable bonds is 4. The van der Waals surface area contributed by atoms with Gasteiger partial charge in [0.1, 0.15) is 0 Å². The van der Waals surface area contributed by atoms with Crippen molar-refractivity contribution in [1.82, 2.24) is 0 Å². The van der Waals surface area contributed by atoms with E-state index in [4.69, 9.17) is 11.6 Å². The first-order chi connectivity index (χ1) is 11.7. The molecular formula is C23H21Cl. The molecule has 0 atom stereocenters. The molecule has 0 aliphatic rings. The maximum absolute atomic E-state index is 6.39. The Morgan fingerprint density at radius 1 is 0.833 bits per heavy atom. The van der Waals surface area contributed by atoms with Crippen molar-refractivity contribution >= 4 is 23.8 Å². The van der Waals surface area contributed by atoms with Crippen molar-refractivity contribution < 1.29 is 0 Å². The van der Waals surface area contributed by atoms with Gasteiger partial charge in [0, 0.05) is 5.02 Å². The highest BCUT2D eigenvalue weighted by Crippen LogP contribution is 2.27. The summed E-state index contributed by atoms with van der Waals surface area (Å²) >= 11 is 6.39. The van der Waals surface area contributed by atoms with Crippen LogP contribution in [0.4, 0.5) is 0 Å². The third-order valence-corrected chi connectivity index (χ3v) is 4.70. The summed E-state index contributed by atoms with van der Waals surface area (Å²) in [5, 5.41) is 0.808. The Bertz CT molecular complexity index is 860. The lowest BCUT2D eigenvalue weighted by Gasteiger charge is -2.09. The molecule has 0 nitrogen and oxygen atoms in total. The fourth-order valence-electron chi connectivity index (χ4n) is 2.87. The largest absolute Gasteiger partial charge is 0.0837 e. The van der Waals surface area contributed by atoms with E-state index in [0.717, 1.165) is 17.0 Å². The Balaban J connectivity index is 1.94. The molecule has 0 saturated carbocycles. The molecule has 0 aromatic heterocycles. The van der Waals surface area contributed by atoms with Gasteiger partial charge in [-0.15, -0.1) is 0 Å². The molecule has 3 aromatic rings. The van der Waals surface area contributed by atoms with Crippen LogP contribution in [0, 0.1) is 6.92 Å². The Kier molecular flexibility index (Phi) is 5.17. The highest BCUT2D eigenvalue weighted by atomic mass is 35.5. The fraction of sp³-hybridized carbons (Fsp3) is 0.130. The van der Waals surface area contributed by atoms with E-state index in [2.05, 4.69) is 86.7 Å². The molecule has 0 heterocycles. The van der Waals surface area contributed by atoms with Gasteiger partial charge in [0.05, 0.1) is 0 Å². The minimum atomic E-state index is 0.808. The van der Waals surface area contributed by atoms with Crippen molar-refractivity contribution in [2.75, 3.05) is 0 Å². The van der Waals surface area contributed by atoms with Crippen LogP contribution in [-0.2, 0) is 6.42 Å². The predicted octanol–water partition coefficient (Wildman–Crippen LogP) is 7.05. The Hall–Kier alpha value is -2.31. The van der Waals surface area contributed by atoms with E-state index in [1.165, 1.54) is 27.8 Å². The lowest BCUT2D eigenvalue weighted by Crippen LogP contribution is -1.87. The van der Waals surface area contributed by atoms with Crippen LogP contribution in [0.2, 0.25) is 5.02 Å². The van der Waals surface area contributed by atoms with Gasteiger partial charge in [0.2, 0.25) is 0 Å². The van der Waals surface area contributed by atoms with Crippen LogP contribution >= 0.6 is 11.6 Å². The van der Waals surface area contributed by atoms with Gasteiger partial charge in [-0.2, -0.15) is 0 Å². The Morgan fingerprint density at radius 2 is 1.58 bits per heavy atom. The van der Waals surface area contributed by atoms with Crippen LogP contribution < -0.4 is 0 Å². The van der Waals surface area contributed by atoms with Crippen molar-refractivity contribution in [3.05, 3.63) is 94.0 Å². The first-order valence-corrected chi connectivity index (χ1v) is 8.68. The van der Waals surface area contributed by atoms with E-state index in [0.29, 0.717) is 0 Å². The summed E-state index contributed by atoms with van der Waals surface area (Å²) in [6, 6.07) is 23.2. The van der Waals surface area contributed by atoms with Gasteiger partial charge in [-0.25, -0.2) is 0 Å². The quantitative estimate of drug-likeness (QED) is 0.449. The summed E-state index contributed by atoms with van der Waals surface area (Å²) in [4.78, 5) is 0. The molecular weight excluding hydrogens is 312 g/mol. The average Bonchev–Trinajstić information content (AvgIpc) is 2.62. The lowest BCUT2D eigenvalue weighted by molar-refractivity contribution is 1.14. The molecule has 0 spiro atoms. The molecule has 0 fully saturated rings. The zero-order valence-electron chi connectivity index (χ0n) is 14.1. The fourth-order valence-corrected chi connectivity index (χ4v) is 3.14. The first-order valence-electron chi connectivity index (χ1n) is 8.30. The molecule has 0 radical (unpaired) electrons. The third kappa shape index (κ3) is 3.60. The van der Waals surface area contributed by atoms with Gasteiger partial charge in [0.25, 0.3) is 0 Å². The SMILES string of the molecule is CCc1ccc(/C=C/c2cccc(-c3ccccc3)c2C)c(Cl)c1. The molecule has 0 aliphatic heterocycles. The number of hydrogen-bond donors (Lipinski definition) is 0. The van der Waals surface area contributed by atoms with Crippen LogP contribution in [0.5, 0.6) is 0 Å². The monoisotopic (exact) mass is 332 g/mol. The minimum Gasteiger partial charge on any atom is -0.0837 e. The predicted molar refractivity (Wildman–Crippen MR) is 106 cm³/mol. The lowest BCUT2D eigenvalue weighted by atomic mass is 9.96. The van der Waals surface area contributed by atoms with E-state index in [1.807, 2.05) is 6.07 Å². The topological polar surface area (TPSA) is 0 Å². The van der Waals surface area contributed by atoms with Crippen LogP contribution in [0.1, 0.15) is 29.2 Å². The molecule has 1 heteroatoms. The van der Waals surface area contributed by atoms with Crippen LogP contribution in [0.15, 0.2) is 66.7 Å². The second kappa shape index (κ2) is 7.51. The van der Waals surface area contributed by atoms with Gasteiger partial charge in [-0.3, -0.25) is 0 Å². The van der Waals surface area contributed by atoms with Crippen molar-refractivity contribution in [3.8, 4) is 11.1 Å². The van der Waals surface area contributed by atoms with Crippen LogP contribution in [0.3, 0.4) is 0 Å². The van der Waals surface area contributed by atoms with Crippen molar-refractivity contribution in [3.63, 3.8) is 0 Å². The van der Waals surface area contributed by atoms with Crippen LogP contribution in [-0.4, -0.2) is 0 Å². The molecule has 0 aliphatic carbocycles. The highest BCUT2D eigenvalue weighted by Gasteiger charge is 2.04. The molecule has 0 N–H and O–H groups in total. The standard InChI is InChI=1S/C23H21Cl/c1-3-18-12-13-21(23(24)16-18)15-14-19-10-7-11-22(17(19)2)20-8-5-4-6-9-20/h4-16H,3H2,1-2H3/b15-14+. The normalized spacial score (nSPS) is 11.1. The molecule has 3 rings (SSSR count). The van der Waals surface area contributed by atoms with Crippen molar-refractivity contribution in [2.24, 2.45) is 0 Å². The summed E-state index contributed by atoms with van der Waals surface area (Å²) in [6.07, 6.45) is 5.25. The second-order valence-corrected chi connectivity index (χ2v) is 6.34. The Labute approximate surface area is 149 Å². The summed E-state index contributed by atoms with van der Waals surface area (Å²) in [5.74, 6) is 0.